The van der Waals surface area contributed by atoms with E-state index >= 15 is 0 Å². The molecule has 1 aromatic rings. The molecule has 0 bridgehead atoms. The van der Waals surface area contributed by atoms with Crippen molar-refractivity contribution in [1.29, 1.82) is 0 Å². The first kappa shape index (κ1) is 12.6. The number of piperidine rings is 1. The van der Waals surface area contributed by atoms with Crippen molar-refractivity contribution >= 4 is 0 Å². The average molecular weight is 236 g/mol. The second kappa shape index (κ2) is 6.77. The lowest BCUT2D eigenvalue weighted by Crippen LogP contribution is -2.42. The van der Waals surface area contributed by atoms with E-state index in [9.17, 15) is 0 Å². The Kier molecular flexibility index (Phi) is 5.01. The fraction of sp³-hybridized carbons (Fsp3) is 0.769. The Hall–Kier alpha value is -0.870. The lowest BCUT2D eigenvalue weighted by atomic mass is 10.0. The van der Waals surface area contributed by atoms with E-state index in [1.807, 2.05) is 12.4 Å². The van der Waals surface area contributed by atoms with Crippen molar-refractivity contribution in [2.75, 3.05) is 19.6 Å². The highest BCUT2D eigenvalue weighted by Gasteiger charge is 2.18. The van der Waals surface area contributed by atoms with Crippen LogP contribution in [-0.4, -0.2) is 40.5 Å². The van der Waals surface area contributed by atoms with Gasteiger partial charge in [-0.3, -0.25) is 0 Å². The van der Waals surface area contributed by atoms with Crippen molar-refractivity contribution in [2.24, 2.45) is 0 Å². The van der Waals surface area contributed by atoms with Crippen LogP contribution in [0.25, 0.3) is 0 Å². The van der Waals surface area contributed by atoms with E-state index in [1.165, 1.54) is 45.3 Å². The molecule has 4 nitrogen and oxygen atoms in total. The van der Waals surface area contributed by atoms with Crippen molar-refractivity contribution in [2.45, 2.75) is 45.2 Å². The van der Waals surface area contributed by atoms with Crippen LogP contribution in [0, 0.1) is 0 Å². The summed E-state index contributed by atoms with van der Waals surface area (Å²) in [4.78, 5) is 9.95. The van der Waals surface area contributed by atoms with Crippen molar-refractivity contribution in [1.82, 2.24) is 20.2 Å². The third-order valence-corrected chi connectivity index (χ3v) is 3.53. The van der Waals surface area contributed by atoms with E-state index in [4.69, 9.17) is 0 Å². The molecule has 0 radical (unpaired) electrons. The third-order valence-electron chi connectivity index (χ3n) is 3.53. The minimum atomic E-state index is 0.665. The van der Waals surface area contributed by atoms with Gasteiger partial charge in [0.25, 0.3) is 0 Å². The number of hydrogen-bond donors (Lipinski definition) is 2. The molecule has 2 rings (SSSR count). The molecule has 2 N–H and O–H groups in total. The topological polar surface area (TPSA) is 44.0 Å². The molecule has 1 fully saturated rings. The molecule has 1 aliphatic rings. The van der Waals surface area contributed by atoms with E-state index in [0.717, 1.165) is 12.4 Å². The second-order valence-corrected chi connectivity index (χ2v) is 4.89. The van der Waals surface area contributed by atoms with Crippen LogP contribution in [0.4, 0.5) is 0 Å². The Labute approximate surface area is 104 Å². The molecule has 1 saturated heterocycles. The van der Waals surface area contributed by atoms with E-state index in [0.29, 0.717) is 6.04 Å². The molecule has 96 valence electrons. The molecule has 4 heteroatoms. The molecule has 1 aromatic heterocycles. The monoisotopic (exact) mass is 236 g/mol. The predicted octanol–water partition coefficient (Wildman–Crippen LogP) is 1.76. The Morgan fingerprint density at radius 2 is 2.29 bits per heavy atom. The van der Waals surface area contributed by atoms with Gasteiger partial charge in [-0.1, -0.05) is 13.3 Å². The summed E-state index contributed by atoms with van der Waals surface area (Å²) in [5.74, 6) is 1.04. The summed E-state index contributed by atoms with van der Waals surface area (Å²) >= 11 is 0. The second-order valence-electron chi connectivity index (χ2n) is 4.89. The molecule has 0 aliphatic carbocycles. The lowest BCUT2D eigenvalue weighted by molar-refractivity contribution is 0.194. The third kappa shape index (κ3) is 4.13. The SMILES string of the molecule is CCCCN1CCC(NCc2ncc[nH]2)CC1. The summed E-state index contributed by atoms with van der Waals surface area (Å²) in [5.41, 5.74) is 0. The van der Waals surface area contributed by atoms with Crippen LogP contribution in [0.3, 0.4) is 0 Å². The van der Waals surface area contributed by atoms with Gasteiger partial charge >= 0.3 is 0 Å². The van der Waals surface area contributed by atoms with Gasteiger partial charge in [-0.15, -0.1) is 0 Å². The summed E-state index contributed by atoms with van der Waals surface area (Å²) in [7, 11) is 0. The molecule has 0 unspecified atom stereocenters. The van der Waals surface area contributed by atoms with Crippen LogP contribution in [0.2, 0.25) is 0 Å². The van der Waals surface area contributed by atoms with Gasteiger partial charge in [-0.05, 0) is 38.9 Å². The van der Waals surface area contributed by atoms with Gasteiger partial charge in [-0.2, -0.15) is 0 Å². The van der Waals surface area contributed by atoms with E-state index in [-0.39, 0.29) is 0 Å². The van der Waals surface area contributed by atoms with Gasteiger partial charge in [0.2, 0.25) is 0 Å². The Balaban J connectivity index is 1.62. The number of unbranched alkanes of at least 4 members (excludes halogenated alkanes) is 1. The average Bonchev–Trinajstić information content (AvgIpc) is 2.88. The van der Waals surface area contributed by atoms with Gasteiger partial charge in [0, 0.05) is 18.4 Å². The zero-order valence-corrected chi connectivity index (χ0v) is 10.8. The van der Waals surface area contributed by atoms with Crippen LogP contribution in [0.1, 0.15) is 38.4 Å². The van der Waals surface area contributed by atoms with Gasteiger partial charge in [0.1, 0.15) is 5.82 Å². The van der Waals surface area contributed by atoms with Crippen LogP contribution in [-0.2, 0) is 6.54 Å². The molecule has 1 aliphatic heterocycles. The van der Waals surface area contributed by atoms with E-state index < -0.39 is 0 Å². The number of nitrogens with one attached hydrogen (secondary N) is 2. The van der Waals surface area contributed by atoms with Crippen LogP contribution in [0.15, 0.2) is 12.4 Å². The normalized spacial score (nSPS) is 18.6. The van der Waals surface area contributed by atoms with Gasteiger partial charge < -0.3 is 15.2 Å². The number of likely N-dealkylation sites (tertiary alicyclic amines) is 1. The highest BCUT2D eigenvalue weighted by atomic mass is 15.1. The molecule has 0 spiro atoms. The van der Waals surface area contributed by atoms with Crippen molar-refractivity contribution < 1.29 is 0 Å². The summed E-state index contributed by atoms with van der Waals surface area (Å²) in [6, 6.07) is 0.665. The van der Waals surface area contributed by atoms with Crippen LogP contribution < -0.4 is 5.32 Å². The van der Waals surface area contributed by atoms with Crippen molar-refractivity contribution in [3.8, 4) is 0 Å². The van der Waals surface area contributed by atoms with Crippen LogP contribution in [0.5, 0.6) is 0 Å². The zero-order valence-electron chi connectivity index (χ0n) is 10.8. The van der Waals surface area contributed by atoms with Crippen molar-refractivity contribution in [3.05, 3.63) is 18.2 Å². The smallest absolute Gasteiger partial charge is 0.120 e. The summed E-state index contributed by atoms with van der Waals surface area (Å²) < 4.78 is 0. The lowest BCUT2D eigenvalue weighted by Gasteiger charge is -2.32. The molecule has 0 atom stereocenters. The predicted molar refractivity (Wildman–Crippen MR) is 69.8 cm³/mol. The summed E-state index contributed by atoms with van der Waals surface area (Å²) in [6.45, 7) is 6.90. The number of aromatic amines is 1. The fourth-order valence-corrected chi connectivity index (χ4v) is 2.38. The van der Waals surface area contributed by atoms with Gasteiger partial charge in [-0.25, -0.2) is 4.98 Å². The highest BCUT2D eigenvalue weighted by molar-refractivity contribution is 4.87. The zero-order chi connectivity index (χ0) is 11.9. The van der Waals surface area contributed by atoms with Gasteiger partial charge in [0.15, 0.2) is 0 Å². The molecular formula is C13H24N4. The van der Waals surface area contributed by atoms with Crippen molar-refractivity contribution in [3.63, 3.8) is 0 Å². The van der Waals surface area contributed by atoms with Crippen LogP contribution >= 0.6 is 0 Å². The molecule has 0 amide bonds. The minimum absolute atomic E-state index is 0.665. The molecule has 0 saturated carbocycles. The molecule has 2 heterocycles. The minimum Gasteiger partial charge on any atom is -0.348 e. The first-order chi connectivity index (χ1) is 8.38. The number of hydrogen-bond acceptors (Lipinski definition) is 3. The number of aromatic nitrogens is 2. The molecular weight excluding hydrogens is 212 g/mol. The first-order valence-electron chi connectivity index (χ1n) is 6.82. The maximum Gasteiger partial charge on any atom is 0.120 e. The summed E-state index contributed by atoms with van der Waals surface area (Å²) in [5, 5.41) is 3.58. The molecule has 17 heavy (non-hydrogen) atoms. The highest BCUT2D eigenvalue weighted by Crippen LogP contribution is 2.11. The number of nitrogens with zero attached hydrogens (tertiary/aromatic N) is 2. The fourth-order valence-electron chi connectivity index (χ4n) is 2.38. The largest absolute Gasteiger partial charge is 0.348 e. The van der Waals surface area contributed by atoms with Gasteiger partial charge in [0.05, 0.1) is 6.54 Å². The molecule has 0 aromatic carbocycles. The van der Waals surface area contributed by atoms with E-state index in [1.54, 1.807) is 0 Å². The first-order valence-corrected chi connectivity index (χ1v) is 6.82. The number of H-pyrrole nitrogens is 1. The van der Waals surface area contributed by atoms with E-state index in [2.05, 4.69) is 27.1 Å². The Morgan fingerprint density at radius 1 is 1.47 bits per heavy atom. The quantitative estimate of drug-likeness (QED) is 0.791. The standard InChI is InChI=1S/C13H24N4/c1-2-3-8-17-9-4-12(5-10-17)16-11-13-14-6-7-15-13/h6-7,12,16H,2-5,8-11H2,1H3,(H,14,15). The summed E-state index contributed by atoms with van der Waals surface area (Å²) in [6.07, 6.45) is 8.87. The maximum atomic E-state index is 4.23. The Bertz CT molecular complexity index is 288. The number of rotatable bonds is 6. The maximum absolute atomic E-state index is 4.23. The Morgan fingerprint density at radius 3 is 2.94 bits per heavy atom. The number of imidazole rings is 1.